The van der Waals surface area contributed by atoms with Crippen molar-refractivity contribution in [2.24, 2.45) is 0 Å². The molecule has 1 aliphatic rings. The van der Waals surface area contributed by atoms with Gasteiger partial charge in [-0.15, -0.1) is 0 Å². The van der Waals surface area contributed by atoms with Crippen LogP contribution in [0.2, 0.25) is 11.8 Å². The number of rotatable bonds is 12. The zero-order chi connectivity index (χ0) is 25.5. The fraction of sp³-hybridized carbons (Fsp3) is 0.438. The third-order valence-corrected chi connectivity index (χ3v) is 6.26. The van der Waals surface area contributed by atoms with Crippen LogP contribution in [-0.2, 0) is 27.3 Å². The van der Waals surface area contributed by atoms with Gasteiger partial charge in [-0.05, 0) is 74.8 Å². The molecule has 2 aromatic carbocycles. The molecule has 1 heterocycles. The number of benzene rings is 2. The molecule has 35 heavy (non-hydrogen) atoms. The van der Waals surface area contributed by atoms with Gasteiger partial charge in [0.1, 0.15) is 0 Å². The third kappa shape index (κ3) is 8.73. The monoisotopic (exact) mass is 514 g/mol. The summed E-state index contributed by atoms with van der Waals surface area (Å²) in [6.07, 6.45) is 16.6. The third-order valence-electron chi connectivity index (χ3n) is 6.26. The van der Waals surface area contributed by atoms with Gasteiger partial charge in [0.05, 0.1) is 0 Å². The summed E-state index contributed by atoms with van der Waals surface area (Å²) in [7, 11) is 0. The van der Waals surface area contributed by atoms with Crippen LogP contribution in [0.15, 0.2) is 72.3 Å². The normalized spacial score (nSPS) is 13.4. The number of aryl methyl sites for hydroxylation is 2. The van der Waals surface area contributed by atoms with Gasteiger partial charge >= 0.3 is 26.2 Å². The summed E-state index contributed by atoms with van der Waals surface area (Å²) in [5.74, 6) is 4.12. The second kappa shape index (κ2) is 16.4. The minimum atomic E-state index is 0.886. The van der Waals surface area contributed by atoms with E-state index in [4.69, 9.17) is 0 Å². The molecule has 1 aliphatic heterocycles. The van der Waals surface area contributed by atoms with Crippen LogP contribution in [0.25, 0.3) is 16.9 Å². The molecule has 0 unspecified atom stereocenters. The van der Waals surface area contributed by atoms with E-state index < -0.39 is 0 Å². The summed E-state index contributed by atoms with van der Waals surface area (Å²) < 4.78 is 1.44. The van der Waals surface area contributed by atoms with Crippen LogP contribution in [0.1, 0.15) is 88.0 Å². The van der Waals surface area contributed by atoms with Gasteiger partial charge in [0, 0.05) is 22.8 Å². The number of nitrogens with zero attached hydrogens (tertiary/aromatic N) is 2. The van der Waals surface area contributed by atoms with Gasteiger partial charge in [0.2, 0.25) is 11.4 Å². The topological polar surface area (TPSA) is 25.3 Å². The van der Waals surface area contributed by atoms with Crippen LogP contribution >= 0.6 is 0 Å². The predicted molar refractivity (Wildman–Crippen MR) is 149 cm³/mol. The number of allylic oxidation sites excluding steroid dienone is 4. The van der Waals surface area contributed by atoms with Crippen molar-refractivity contribution in [3.05, 3.63) is 100 Å². The summed E-state index contributed by atoms with van der Waals surface area (Å²) in [6, 6.07) is 17.3. The molecule has 0 bridgehead atoms. The maximum absolute atomic E-state index is 11.4. The van der Waals surface area contributed by atoms with Gasteiger partial charge < -0.3 is 5.53 Å². The second-order valence-electron chi connectivity index (χ2n) is 9.05. The molecule has 0 amide bonds. The van der Waals surface area contributed by atoms with E-state index in [0.717, 1.165) is 54.6 Å². The molecule has 2 aromatic rings. The molecule has 0 aromatic heterocycles. The Morgan fingerprint density at radius 1 is 0.857 bits per heavy atom. The van der Waals surface area contributed by atoms with Crippen molar-refractivity contribution in [2.75, 3.05) is 0 Å². The molecule has 0 N–H and O–H groups in total. The molecule has 0 aliphatic carbocycles. The van der Waals surface area contributed by atoms with E-state index in [1.807, 2.05) is 0 Å². The van der Waals surface area contributed by atoms with E-state index in [2.05, 4.69) is 99.3 Å². The molecule has 0 spiro atoms. The second-order valence-corrected chi connectivity index (χ2v) is 10.0. The Bertz CT molecular complexity index is 1010. The van der Waals surface area contributed by atoms with E-state index >= 15 is 0 Å². The average molecular weight is 515 g/mol. The Labute approximate surface area is 220 Å². The summed E-state index contributed by atoms with van der Waals surface area (Å²) >= 11 is 1.62. The van der Waals surface area contributed by atoms with Crippen molar-refractivity contribution in [1.82, 2.24) is 0 Å². The van der Waals surface area contributed by atoms with Crippen LogP contribution in [0.4, 0.5) is 0 Å². The number of hydrogen-bond donors (Lipinski definition) is 0. The molecular weight excluding hydrogens is 471 g/mol. The van der Waals surface area contributed by atoms with Gasteiger partial charge in [-0.25, -0.2) is 4.70 Å². The van der Waals surface area contributed by atoms with Crippen molar-refractivity contribution in [2.45, 2.75) is 90.3 Å². The molecule has 0 fully saturated rings. The van der Waals surface area contributed by atoms with E-state index in [0.29, 0.717) is 0 Å². The predicted octanol–water partition coefficient (Wildman–Crippen LogP) is 10.1. The zero-order valence-electron chi connectivity index (χ0n) is 22.4. The van der Waals surface area contributed by atoms with Crippen LogP contribution in [-0.4, -0.2) is 4.70 Å². The van der Waals surface area contributed by atoms with E-state index in [1.165, 1.54) is 47.1 Å². The van der Waals surface area contributed by atoms with Crippen LogP contribution < -0.4 is 0 Å². The fourth-order valence-electron chi connectivity index (χ4n) is 4.40. The first-order valence-electron chi connectivity index (χ1n) is 13.0. The molecule has 3 rings (SSSR count). The first kappa shape index (κ1) is 29.0. The summed E-state index contributed by atoms with van der Waals surface area (Å²) in [5, 5.41) is 0. The molecule has 0 saturated heterocycles. The Balaban J connectivity index is 0.00000137. The molecule has 3 heteroatoms. The zero-order valence-corrected chi connectivity index (χ0v) is 23.4. The molecule has 0 radical (unpaired) electrons. The van der Waals surface area contributed by atoms with Gasteiger partial charge in [-0.1, -0.05) is 75.6 Å². The number of hydrogen-bond acceptors (Lipinski definition) is 0. The van der Waals surface area contributed by atoms with Crippen molar-refractivity contribution < 1.29 is 19.1 Å². The Morgan fingerprint density at radius 3 is 2.20 bits per heavy atom. The standard InChI is InChI=1S/C30H38N2.2CH3.Ni/c1-4-7-10-15-25-16-12-13-18-28(25)30-27(17-11-8-5-2)23-29(32(30)31)26-21-19-24(20-22-26)14-9-6-3;;;/h4,7,12-13,16,18-23H,5-6,8-11,14-15,17H2,1-3H3;2*1H3;. The quantitative estimate of drug-likeness (QED) is 0.116. The van der Waals surface area contributed by atoms with Gasteiger partial charge in [0.25, 0.3) is 0 Å². The fourth-order valence-corrected chi connectivity index (χ4v) is 4.40. The molecule has 0 atom stereocenters. The van der Waals surface area contributed by atoms with Gasteiger partial charge in [0.15, 0.2) is 0 Å². The van der Waals surface area contributed by atoms with E-state index in [1.54, 1.807) is 14.4 Å². The maximum atomic E-state index is 11.4. The molecular formula is C32H44N2Ni. The summed E-state index contributed by atoms with van der Waals surface area (Å²) in [5.41, 5.74) is 19.3. The molecule has 0 saturated carbocycles. The van der Waals surface area contributed by atoms with Crippen LogP contribution in [0.3, 0.4) is 0 Å². The van der Waals surface area contributed by atoms with Crippen LogP contribution in [0.5, 0.6) is 0 Å². The Kier molecular flexibility index (Phi) is 13.6. The number of unbranched alkanes of at least 4 members (excludes halogenated alkanes) is 3. The van der Waals surface area contributed by atoms with E-state index in [-0.39, 0.29) is 0 Å². The summed E-state index contributed by atoms with van der Waals surface area (Å²) in [6.45, 7) is 6.53. The van der Waals surface area contributed by atoms with Crippen molar-refractivity contribution in [3.63, 3.8) is 0 Å². The Morgan fingerprint density at radius 2 is 1.54 bits per heavy atom. The molecule has 2 nitrogen and oxygen atoms in total. The van der Waals surface area contributed by atoms with Crippen molar-refractivity contribution in [1.29, 1.82) is 0 Å². The Hall–Kier alpha value is -2.25. The molecule has 192 valence electrons. The van der Waals surface area contributed by atoms with Crippen molar-refractivity contribution in [3.8, 4) is 0 Å². The van der Waals surface area contributed by atoms with Gasteiger partial charge in [-0.2, -0.15) is 0 Å². The van der Waals surface area contributed by atoms with E-state index in [9.17, 15) is 5.53 Å². The first-order valence-corrected chi connectivity index (χ1v) is 15.0. The minimum absolute atomic E-state index is 0.886. The SMILES string of the molecule is CC=CCCc1ccccc1C1=C(CCCCC)C=C(c2ccc(CCCC)cc2)[N+]1=[N-].[CH3][Ni][CH3]. The van der Waals surface area contributed by atoms with Crippen LogP contribution in [0, 0.1) is 0 Å². The average Bonchev–Trinajstić information content (AvgIpc) is 3.20. The van der Waals surface area contributed by atoms with Crippen molar-refractivity contribution >= 4 is 11.4 Å². The first-order chi connectivity index (χ1) is 17.1. The summed E-state index contributed by atoms with van der Waals surface area (Å²) in [4.78, 5) is 0. The van der Waals surface area contributed by atoms with Gasteiger partial charge in [-0.3, -0.25) is 0 Å².